The molecule has 0 aromatic heterocycles. The zero-order valence-electron chi connectivity index (χ0n) is 29.3. The Morgan fingerprint density at radius 2 is 0.291 bits per heavy atom. The molecule has 0 saturated carbocycles. The van der Waals surface area contributed by atoms with Crippen molar-refractivity contribution in [2.45, 2.75) is 54.4 Å². The van der Waals surface area contributed by atoms with E-state index in [1.165, 1.54) is 0 Å². The van der Waals surface area contributed by atoms with Crippen LogP contribution in [0.4, 0.5) is 0 Å². The minimum absolute atomic E-state index is 0. The topological polar surface area (TPSA) is 388 Å². The van der Waals surface area contributed by atoms with Gasteiger partial charge < -0.3 is 94.8 Å². The second kappa shape index (κ2) is 75.2. The third kappa shape index (κ3) is 113. The molecule has 0 rings (SSSR count). The van der Waals surface area contributed by atoms with Crippen LogP contribution in [-0.2, 0) is 60.2 Å². The van der Waals surface area contributed by atoms with Crippen molar-refractivity contribution in [1.82, 2.24) is 0 Å². The number of carbonyl (C=O) groups excluding carboxylic acids is 9. The number of hydrogen-bond acceptors (Lipinski definition) is 27. The predicted molar refractivity (Wildman–Crippen MR) is 248 cm³/mol. The first-order valence-electron chi connectivity index (χ1n) is 14.0. The predicted octanol–water partition coefficient (Wildman–Crippen LogP) is -5.82. The molecular weight excluding hydrogens is 939 g/mol. The van der Waals surface area contributed by atoms with Crippen LogP contribution in [0.2, 0.25) is 0 Å². The van der Waals surface area contributed by atoms with Crippen molar-refractivity contribution in [2.24, 2.45) is 51.6 Å². The SMILES string of the molecule is N[C@H]([C-]=O)CS.N[C@H]([C-]=O)CS.N[C@H]([C-]=O)CS.N[C@H]([C-]=O)CS.N[C@H]([C-]=O)CS.N[C@H]([C-]=O)CS.N[C@H]([C-]=O)CS.N[C@H]([C-]=O)CS.N[C@H]([C-]=O)CS.[Fe]. The summed E-state index contributed by atoms with van der Waals surface area (Å²) < 4.78 is 0. The minimum atomic E-state index is -0.506. The summed E-state index contributed by atoms with van der Waals surface area (Å²) in [6, 6.07) is -4.56. The van der Waals surface area contributed by atoms with Gasteiger partial charge in [-0.3, -0.25) is 0 Å². The molecule has 0 aliphatic heterocycles. The van der Waals surface area contributed by atoms with E-state index in [0.29, 0.717) is 51.8 Å². The third-order valence-corrected chi connectivity index (χ3v) is 6.67. The van der Waals surface area contributed by atoms with Gasteiger partial charge in [-0.15, -0.1) is 0 Å². The van der Waals surface area contributed by atoms with E-state index in [1.807, 2.05) is 0 Å². The van der Waals surface area contributed by atoms with Gasteiger partial charge in [0, 0.05) is 17.1 Å². The van der Waals surface area contributed by atoms with Crippen molar-refractivity contribution in [3.8, 4) is 0 Å². The molecule has 0 bridgehead atoms. The monoisotopic (exact) mass is 992 g/mol. The molecule has 18 nitrogen and oxygen atoms in total. The fraction of sp³-hybridized carbons (Fsp3) is 0.667. The normalized spacial score (nSPS) is 13.4. The maximum Gasteiger partial charge on any atom is 0 e. The summed E-state index contributed by atoms with van der Waals surface area (Å²) >= 11 is 33.4. The van der Waals surface area contributed by atoms with E-state index in [2.05, 4.69) is 114 Å². The Morgan fingerprint density at radius 1 is 0.236 bits per heavy atom. The second-order valence-corrected chi connectivity index (χ2v) is 11.4. The van der Waals surface area contributed by atoms with Crippen LogP contribution in [0.25, 0.3) is 0 Å². The summed E-state index contributed by atoms with van der Waals surface area (Å²) in [5.74, 6) is 3.41. The quantitative estimate of drug-likeness (QED) is 0.0345. The van der Waals surface area contributed by atoms with E-state index in [0.717, 1.165) is 0 Å². The van der Waals surface area contributed by atoms with Crippen molar-refractivity contribution >= 4 is 170 Å². The Hall–Kier alpha value is 0.339. The Morgan fingerprint density at radius 3 is 0.291 bits per heavy atom. The van der Waals surface area contributed by atoms with Crippen LogP contribution in [-0.4, -0.2) is 163 Å². The third-order valence-electron chi connectivity index (χ3n) is 3.13. The van der Waals surface area contributed by atoms with Crippen molar-refractivity contribution < 1.29 is 60.2 Å². The molecule has 0 unspecified atom stereocenters. The van der Waals surface area contributed by atoms with Gasteiger partial charge >= 0.3 is 0 Å². The van der Waals surface area contributed by atoms with Gasteiger partial charge in [0.1, 0.15) is 0 Å². The Kier molecular flexibility index (Phi) is 109. The Labute approximate surface area is 385 Å². The summed E-state index contributed by atoms with van der Waals surface area (Å²) in [7, 11) is 0. The van der Waals surface area contributed by atoms with Crippen LogP contribution in [0.5, 0.6) is 0 Å². The first-order chi connectivity index (χ1) is 25.3. The van der Waals surface area contributed by atoms with Crippen LogP contribution >= 0.6 is 114 Å². The molecule has 0 amide bonds. The molecule has 0 aromatic rings. The molecular formula is C27H54FeN9O9S9-9. The van der Waals surface area contributed by atoms with Crippen LogP contribution < -0.4 is 51.6 Å². The van der Waals surface area contributed by atoms with Gasteiger partial charge in [0.15, 0.2) is 0 Å². The number of hydrogen-bond donors (Lipinski definition) is 18. The standard InChI is InChI=1S/9C3H6NOS.Fe/c9*4-3(1-5)2-6;/h9*3,6H,2,4H2;/q9*-1;/t9*3-;/m111111111./s1. The fourth-order valence-electron chi connectivity index (χ4n) is 0.335. The summed E-state index contributed by atoms with van der Waals surface area (Å²) in [5.41, 5.74) is 44.8. The molecule has 28 heteroatoms. The summed E-state index contributed by atoms with van der Waals surface area (Å²) in [6.07, 6.45) is 14.1. The smallest absolute Gasteiger partial charge is 0 e. The Bertz CT molecular complexity index is 639. The molecule has 0 aliphatic carbocycles. The molecule has 0 saturated heterocycles. The first-order valence-corrected chi connectivity index (χ1v) is 19.6. The van der Waals surface area contributed by atoms with E-state index in [-0.39, 0.29) is 17.1 Å². The van der Waals surface area contributed by atoms with Gasteiger partial charge in [-0.2, -0.15) is 114 Å². The van der Waals surface area contributed by atoms with Gasteiger partial charge in [-0.25, -0.2) is 56.6 Å². The van der Waals surface area contributed by atoms with Crippen molar-refractivity contribution in [1.29, 1.82) is 0 Å². The molecule has 332 valence electrons. The zero-order valence-corrected chi connectivity index (χ0v) is 38.5. The number of rotatable bonds is 18. The minimum Gasteiger partial charge on any atom is -0.540 e. The van der Waals surface area contributed by atoms with Crippen LogP contribution in [0.15, 0.2) is 0 Å². The average Bonchev–Trinajstić information content (AvgIpc) is 3.24. The molecule has 0 aromatic carbocycles. The van der Waals surface area contributed by atoms with Crippen LogP contribution in [0.1, 0.15) is 0 Å². The van der Waals surface area contributed by atoms with Crippen LogP contribution in [0, 0.1) is 0 Å². The van der Waals surface area contributed by atoms with Gasteiger partial charge in [-0.05, 0) is 51.8 Å². The van der Waals surface area contributed by atoms with E-state index in [1.54, 1.807) is 56.6 Å². The molecule has 0 radical (unpaired) electrons. The van der Waals surface area contributed by atoms with Gasteiger partial charge in [-0.1, -0.05) is 54.4 Å². The summed E-state index contributed by atoms with van der Waals surface area (Å²) in [6.45, 7) is 0. The van der Waals surface area contributed by atoms with Crippen molar-refractivity contribution in [2.75, 3.05) is 51.8 Å². The number of nitrogens with two attached hydrogens (primary N) is 9. The van der Waals surface area contributed by atoms with E-state index in [9.17, 15) is 43.2 Å². The molecule has 0 fully saturated rings. The summed E-state index contributed by atoms with van der Waals surface area (Å²) in [4.78, 5) is 84.9. The molecule has 55 heavy (non-hydrogen) atoms. The van der Waals surface area contributed by atoms with E-state index < -0.39 is 54.4 Å². The average molecular weight is 993 g/mol. The van der Waals surface area contributed by atoms with Gasteiger partial charge in [0.25, 0.3) is 0 Å². The maximum absolute atomic E-state index is 9.44. The first kappa shape index (κ1) is 79.5. The van der Waals surface area contributed by atoms with Gasteiger partial charge in [0.05, 0.1) is 0 Å². The Balaban J connectivity index is -0.0000000517. The maximum atomic E-state index is 9.44. The largest absolute Gasteiger partial charge is 0.540 e. The van der Waals surface area contributed by atoms with E-state index in [4.69, 9.17) is 51.6 Å². The molecule has 0 aliphatic rings. The van der Waals surface area contributed by atoms with Crippen molar-refractivity contribution in [3.63, 3.8) is 0 Å². The van der Waals surface area contributed by atoms with Crippen LogP contribution in [0.3, 0.4) is 0 Å². The summed E-state index contributed by atoms with van der Waals surface area (Å²) in [5, 5.41) is 0. The molecule has 0 heterocycles. The van der Waals surface area contributed by atoms with E-state index >= 15 is 0 Å². The zero-order chi connectivity index (χ0) is 44.9. The van der Waals surface area contributed by atoms with Gasteiger partial charge in [0.2, 0.25) is 0 Å². The molecule has 9 atom stereocenters. The number of thiol groups is 9. The molecule has 18 N–H and O–H groups in total. The molecule has 0 spiro atoms. The second-order valence-electron chi connectivity index (χ2n) is 8.16. The van der Waals surface area contributed by atoms with Crippen molar-refractivity contribution in [3.05, 3.63) is 0 Å². The fourth-order valence-corrected chi connectivity index (χ4v) is 1.01.